The molecule has 0 saturated heterocycles. The molecule has 37 heavy (non-hydrogen) atoms. The third kappa shape index (κ3) is 10.4. The van der Waals surface area contributed by atoms with Gasteiger partial charge in [-0.05, 0) is 49.2 Å². The van der Waals surface area contributed by atoms with Crippen LogP contribution in [0.2, 0.25) is 0 Å². The maximum atomic E-state index is 14.8. The van der Waals surface area contributed by atoms with Crippen LogP contribution in [-0.2, 0) is 0 Å². The number of ether oxygens (including phenoxy) is 2. The molecule has 0 fully saturated rings. The first-order valence-corrected chi connectivity index (χ1v) is 15.0. The Morgan fingerprint density at radius 2 is 1.14 bits per heavy atom. The van der Waals surface area contributed by atoms with E-state index in [4.69, 9.17) is 9.47 Å². The van der Waals surface area contributed by atoms with Crippen molar-refractivity contribution >= 4 is 11.3 Å². The normalized spacial score (nSPS) is 11.1. The summed E-state index contributed by atoms with van der Waals surface area (Å²) >= 11 is 1.38. The van der Waals surface area contributed by atoms with E-state index < -0.39 is 0 Å². The van der Waals surface area contributed by atoms with Crippen LogP contribution in [0.15, 0.2) is 42.5 Å². The van der Waals surface area contributed by atoms with Crippen LogP contribution < -0.4 is 9.47 Å². The van der Waals surface area contributed by atoms with Crippen molar-refractivity contribution in [2.45, 2.75) is 97.3 Å². The third-order valence-electron chi connectivity index (χ3n) is 6.48. The molecule has 202 valence electrons. The Balaban J connectivity index is 1.44. The first-order chi connectivity index (χ1) is 18.2. The Morgan fingerprint density at radius 1 is 0.622 bits per heavy atom. The van der Waals surface area contributed by atoms with Crippen LogP contribution in [0.4, 0.5) is 4.39 Å². The van der Waals surface area contributed by atoms with Crippen LogP contribution in [-0.4, -0.2) is 23.4 Å². The number of rotatable bonds is 19. The molecule has 0 bridgehead atoms. The Kier molecular flexibility index (Phi) is 13.5. The molecule has 1 aromatic heterocycles. The van der Waals surface area contributed by atoms with Crippen molar-refractivity contribution in [1.82, 2.24) is 10.2 Å². The van der Waals surface area contributed by atoms with Gasteiger partial charge >= 0.3 is 0 Å². The van der Waals surface area contributed by atoms with Gasteiger partial charge in [-0.15, -0.1) is 10.2 Å². The second kappa shape index (κ2) is 17.1. The van der Waals surface area contributed by atoms with Crippen molar-refractivity contribution in [1.29, 1.82) is 0 Å². The first kappa shape index (κ1) is 29.1. The molecule has 1 heterocycles. The summed E-state index contributed by atoms with van der Waals surface area (Å²) < 4.78 is 26.4. The fourth-order valence-electron chi connectivity index (χ4n) is 4.22. The quantitative estimate of drug-likeness (QED) is 0.146. The van der Waals surface area contributed by atoms with Gasteiger partial charge in [0.1, 0.15) is 22.3 Å². The summed E-state index contributed by atoms with van der Waals surface area (Å²) in [4.78, 5) is 0. The Bertz CT molecular complexity index is 1020. The lowest BCUT2D eigenvalue weighted by Gasteiger charge is -2.07. The summed E-state index contributed by atoms with van der Waals surface area (Å²) in [7, 11) is 0. The molecular formula is C31H43FN2O2S. The summed E-state index contributed by atoms with van der Waals surface area (Å²) in [6.45, 7) is 5.82. The van der Waals surface area contributed by atoms with Gasteiger partial charge in [-0.1, -0.05) is 95.8 Å². The van der Waals surface area contributed by atoms with E-state index >= 15 is 0 Å². The van der Waals surface area contributed by atoms with E-state index in [0.717, 1.165) is 42.2 Å². The minimum absolute atomic E-state index is 0.336. The Labute approximate surface area is 226 Å². The molecule has 2 aromatic carbocycles. The van der Waals surface area contributed by atoms with E-state index in [1.54, 1.807) is 6.07 Å². The molecule has 3 aromatic rings. The summed E-state index contributed by atoms with van der Waals surface area (Å²) in [5.41, 5.74) is 1.40. The van der Waals surface area contributed by atoms with Crippen LogP contribution in [0.5, 0.6) is 11.5 Å². The molecular weight excluding hydrogens is 483 g/mol. The molecule has 0 spiro atoms. The number of halogens is 1. The molecule has 0 unspecified atom stereocenters. The minimum atomic E-state index is -0.336. The monoisotopic (exact) mass is 526 g/mol. The van der Waals surface area contributed by atoms with Crippen LogP contribution in [0.3, 0.4) is 0 Å². The van der Waals surface area contributed by atoms with Gasteiger partial charge in [0.2, 0.25) is 0 Å². The molecule has 0 aliphatic heterocycles. The molecule has 0 radical (unpaired) electrons. The van der Waals surface area contributed by atoms with Gasteiger partial charge in [0.15, 0.2) is 5.01 Å². The Hall–Kier alpha value is -2.47. The zero-order chi connectivity index (χ0) is 26.1. The number of unbranched alkanes of at least 4 members (excludes halogenated alkanes) is 11. The summed E-state index contributed by atoms with van der Waals surface area (Å²) in [6.07, 6.45) is 16.1. The first-order valence-electron chi connectivity index (χ1n) is 14.2. The highest BCUT2D eigenvalue weighted by molar-refractivity contribution is 7.17. The van der Waals surface area contributed by atoms with Gasteiger partial charge < -0.3 is 9.47 Å². The average Bonchev–Trinajstić information content (AvgIpc) is 3.40. The van der Waals surface area contributed by atoms with E-state index in [9.17, 15) is 4.39 Å². The third-order valence-corrected chi connectivity index (χ3v) is 7.49. The zero-order valence-electron chi connectivity index (χ0n) is 22.6. The van der Waals surface area contributed by atoms with Crippen LogP contribution in [0.1, 0.15) is 97.3 Å². The van der Waals surface area contributed by atoms with Gasteiger partial charge in [0, 0.05) is 17.2 Å². The fourth-order valence-corrected chi connectivity index (χ4v) is 5.10. The number of hydrogen-bond acceptors (Lipinski definition) is 5. The van der Waals surface area contributed by atoms with Crippen LogP contribution in [0.25, 0.3) is 21.1 Å². The van der Waals surface area contributed by atoms with Gasteiger partial charge in [0.05, 0.1) is 13.2 Å². The molecule has 6 heteroatoms. The summed E-state index contributed by atoms with van der Waals surface area (Å²) in [5.74, 6) is 1.09. The molecule has 0 aliphatic carbocycles. The number of aromatic nitrogens is 2. The number of benzene rings is 2. The van der Waals surface area contributed by atoms with Gasteiger partial charge in [0.25, 0.3) is 0 Å². The fraction of sp³-hybridized carbons (Fsp3) is 0.548. The van der Waals surface area contributed by atoms with E-state index in [0.29, 0.717) is 22.9 Å². The molecule has 0 aliphatic rings. The van der Waals surface area contributed by atoms with Crippen LogP contribution >= 0.6 is 11.3 Å². The lowest BCUT2D eigenvalue weighted by Crippen LogP contribution is -1.98. The second-order valence-corrected chi connectivity index (χ2v) is 10.6. The standard InChI is InChI=1S/C31H43FN2O2S/c1-3-5-7-9-11-13-14-22-35-26-18-16-25(17-19-26)30-33-34-31(37-30)28-21-20-27(24-29(28)32)36-23-15-12-10-8-6-4-2/h16-21,24H,3-15,22-23H2,1-2H3. The maximum Gasteiger partial charge on any atom is 0.151 e. The van der Waals surface area contributed by atoms with Gasteiger partial charge in [-0.2, -0.15) is 0 Å². The summed E-state index contributed by atoms with van der Waals surface area (Å²) in [6, 6.07) is 12.9. The topological polar surface area (TPSA) is 44.2 Å². The predicted molar refractivity (Wildman–Crippen MR) is 153 cm³/mol. The Morgan fingerprint density at radius 3 is 1.73 bits per heavy atom. The molecule has 0 atom stereocenters. The van der Waals surface area contributed by atoms with Crippen molar-refractivity contribution in [2.24, 2.45) is 0 Å². The van der Waals surface area contributed by atoms with Crippen molar-refractivity contribution in [3.05, 3.63) is 48.3 Å². The van der Waals surface area contributed by atoms with Crippen molar-refractivity contribution in [2.75, 3.05) is 13.2 Å². The van der Waals surface area contributed by atoms with Crippen molar-refractivity contribution < 1.29 is 13.9 Å². The predicted octanol–water partition coefficient (Wildman–Crippen LogP) is 9.88. The largest absolute Gasteiger partial charge is 0.494 e. The minimum Gasteiger partial charge on any atom is -0.494 e. The highest BCUT2D eigenvalue weighted by Crippen LogP contribution is 2.33. The lowest BCUT2D eigenvalue weighted by atomic mass is 10.1. The molecule has 0 N–H and O–H groups in total. The number of hydrogen-bond donors (Lipinski definition) is 0. The van der Waals surface area contributed by atoms with E-state index in [1.165, 1.54) is 81.6 Å². The maximum absolute atomic E-state index is 14.8. The average molecular weight is 527 g/mol. The van der Waals surface area contributed by atoms with E-state index in [-0.39, 0.29) is 5.82 Å². The number of nitrogens with zero attached hydrogens (tertiary/aromatic N) is 2. The molecule has 0 saturated carbocycles. The zero-order valence-corrected chi connectivity index (χ0v) is 23.5. The van der Waals surface area contributed by atoms with Gasteiger partial charge in [-0.3, -0.25) is 0 Å². The van der Waals surface area contributed by atoms with Crippen molar-refractivity contribution in [3.8, 4) is 32.6 Å². The van der Waals surface area contributed by atoms with E-state index in [1.807, 2.05) is 30.3 Å². The molecule has 4 nitrogen and oxygen atoms in total. The summed E-state index contributed by atoms with van der Waals surface area (Å²) in [5, 5.41) is 9.86. The SMILES string of the molecule is CCCCCCCCCOc1ccc(-c2nnc(-c3ccc(OCCCCCCCC)cc3F)s2)cc1. The molecule has 3 rings (SSSR count). The van der Waals surface area contributed by atoms with Crippen molar-refractivity contribution in [3.63, 3.8) is 0 Å². The van der Waals surface area contributed by atoms with Gasteiger partial charge in [-0.25, -0.2) is 4.39 Å². The highest BCUT2D eigenvalue weighted by atomic mass is 32.1. The van der Waals surface area contributed by atoms with Crippen LogP contribution in [0, 0.1) is 5.82 Å². The smallest absolute Gasteiger partial charge is 0.151 e. The second-order valence-electron chi connectivity index (χ2n) is 9.66. The molecule has 0 amide bonds. The van der Waals surface area contributed by atoms with E-state index in [2.05, 4.69) is 24.0 Å². The lowest BCUT2D eigenvalue weighted by molar-refractivity contribution is 0.303. The highest BCUT2D eigenvalue weighted by Gasteiger charge is 2.14.